The minimum absolute atomic E-state index is 0.328. The van der Waals surface area contributed by atoms with Crippen molar-refractivity contribution in [2.24, 2.45) is 0 Å². The molecule has 5 heteroatoms. The maximum atomic E-state index is 14.9. The van der Waals surface area contributed by atoms with Gasteiger partial charge < -0.3 is 9.31 Å². The summed E-state index contributed by atoms with van der Waals surface area (Å²) in [6.45, 7) is 7.96. The van der Waals surface area contributed by atoms with E-state index in [1.165, 1.54) is 36.5 Å². The lowest BCUT2D eigenvalue weighted by Crippen LogP contribution is -2.41. The molecule has 1 aromatic carbocycles. The van der Waals surface area contributed by atoms with Gasteiger partial charge in [-0.2, -0.15) is 0 Å². The van der Waals surface area contributed by atoms with Crippen molar-refractivity contribution >= 4 is 12.6 Å². The van der Waals surface area contributed by atoms with Crippen LogP contribution in [0.25, 0.3) is 11.3 Å². The quantitative estimate of drug-likeness (QED) is 0.732. The number of aromatic nitrogens is 1. The summed E-state index contributed by atoms with van der Waals surface area (Å²) in [5.41, 5.74) is 3.84. The van der Waals surface area contributed by atoms with Gasteiger partial charge in [-0.05, 0) is 82.1 Å². The van der Waals surface area contributed by atoms with E-state index in [4.69, 9.17) is 9.31 Å². The molecule has 0 spiro atoms. The summed E-state index contributed by atoms with van der Waals surface area (Å²) in [4.78, 5) is 4.44. The van der Waals surface area contributed by atoms with Gasteiger partial charge in [0.1, 0.15) is 11.5 Å². The van der Waals surface area contributed by atoms with Gasteiger partial charge >= 0.3 is 7.12 Å². The summed E-state index contributed by atoms with van der Waals surface area (Å²) in [7, 11) is -0.596. The zero-order chi connectivity index (χ0) is 19.0. The van der Waals surface area contributed by atoms with Crippen molar-refractivity contribution in [1.29, 1.82) is 0 Å². The predicted molar refractivity (Wildman–Crippen MR) is 105 cm³/mol. The first-order chi connectivity index (χ1) is 12.7. The molecular formula is C22H25BFNO2. The second-order valence-corrected chi connectivity index (χ2v) is 9.24. The average Bonchev–Trinajstić information content (AvgIpc) is 3.27. The Morgan fingerprint density at radius 3 is 2.33 bits per heavy atom. The van der Waals surface area contributed by atoms with E-state index in [0.717, 1.165) is 5.56 Å². The standard InChI is InChI=1S/C22H25BFNO2/c1-21(2)22(3,4)27-23(26-21)16-11-19(24)20(25-12-16)15-7-8-17-13-5-6-14(9-13)18(17)10-15/h7-8,10-14H,5-6,9H2,1-4H3. The third-order valence-electron chi connectivity index (χ3n) is 7.06. The second-order valence-electron chi connectivity index (χ2n) is 9.24. The maximum absolute atomic E-state index is 14.9. The third kappa shape index (κ3) is 2.59. The molecule has 2 fully saturated rings. The Kier molecular flexibility index (Phi) is 3.64. The summed E-state index contributed by atoms with van der Waals surface area (Å²) in [6.07, 6.45) is 5.50. The summed E-state index contributed by atoms with van der Waals surface area (Å²) in [5, 5.41) is 0. The first-order valence-electron chi connectivity index (χ1n) is 9.90. The third-order valence-corrected chi connectivity index (χ3v) is 7.06. The Morgan fingerprint density at radius 1 is 1.00 bits per heavy atom. The fourth-order valence-corrected chi connectivity index (χ4v) is 4.77. The molecular weight excluding hydrogens is 340 g/mol. The highest BCUT2D eigenvalue weighted by Gasteiger charge is 2.52. The molecule has 2 aromatic rings. The second kappa shape index (κ2) is 5.65. The van der Waals surface area contributed by atoms with Crippen molar-refractivity contribution in [1.82, 2.24) is 4.98 Å². The Labute approximate surface area is 160 Å². The van der Waals surface area contributed by atoms with E-state index in [1.54, 1.807) is 6.20 Å². The largest absolute Gasteiger partial charge is 0.496 e. The lowest BCUT2D eigenvalue weighted by Gasteiger charge is -2.32. The smallest absolute Gasteiger partial charge is 0.399 e. The number of pyridine rings is 1. The first-order valence-corrected chi connectivity index (χ1v) is 9.90. The highest BCUT2D eigenvalue weighted by Crippen LogP contribution is 2.53. The van der Waals surface area contributed by atoms with Crippen LogP contribution in [-0.4, -0.2) is 23.3 Å². The average molecular weight is 365 g/mol. The van der Waals surface area contributed by atoms with Crippen LogP contribution < -0.4 is 5.46 Å². The molecule has 1 aliphatic heterocycles. The molecule has 2 aliphatic carbocycles. The van der Waals surface area contributed by atoms with Crippen LogP contribution in [0.1, 0.15) is 69.9 Å². The van der Waals surface area contributed by atoms with E-state index < -0.39 is 18.3 Å². The van der Waals surface area contributed by atoms with Crippen molar-refractivity contribution in [3.8, 4) is 11.3 Å². The van der Waals surface area contributed by atoms with E-state index in [1.807, 2.05) is 33.8 Å². The van der Waals surface area contributed by atoms with Crippen molar-refractivity contribution in [2.45, 2.75) is 70.0 Å². The Balaban J connectivity index is 1.46. The van der Waals surface area contributed by atoms with E-state index in [-0.39, 0.29) is 5.82 Å². The Morgan fingerprint density at radius 2 is 1.67 bits per heavy atom. The van der Waals surface area contributed by atoms with Gasteiger partial charge in [0.05, 0.1) is 11.2 Å². The fraction of sp³-hybridized carbons (Fsp3) is 0.500. The highest BCUT2D eigenvalue weighted by atomic mass is 19.1. The number of halogens is 1. The topological polar surface area (TPSA) is 31.4 Å². The molecule has 1 saturated carbocycles. The van der Waals surface area contributed by atoms with Crippen LogP contribution in [0, 0.1) is 5.82 Å². The fourth-order valence-electron chi connectivity index (χ4n) is 4.77. The molecule has 1 aromatic heterocycles. The Hall–Kier alpha value is -1.72. The molecule has 2 bridgehead atoms. The van der Waals surface area contributed by atoms with E-state index >= 15 is 0 Å². The predicted octanol–water partition coefficient (Wildman–Crippen LogP) is 4.55. The van der Waals surface area contributed by atoms with Gasteiger partial charge in [0.2, 0.25) is 0 Å². The van der Waals surface area contributed by atoms with Crippen LogP contribution in [0.5, 0.6) is 0 Å². The van der Waals surface area contributed by atoms with Crippen LogP contribution in [0.15, 0.2) is 30.5 Å². The Bertz CT molecular complexity index is 911. The maximum Gasteiger partial charge on any atom is 0.496 e. The molecule has 2 unspecified atom stereocenters. The number of benzene rings is 1. The SMILES string of the molecule is CC1(C)OB(c2cnc(-c3ccc4c(c3)C3CCC4C3)c(F)c2)OC1(C)C. The molecule has 0 radical (unpaired) electrons. The molecule has 140 valence electrons. The molecule has 5 rings (SSSR count). The van der Waals surface area contributed by atoms with E-state index in [0.29, 0.717) is 23.0 Å². The molecule has 2 heterocycles. The normalized spacial score (nSPS) is 27.2. The van der Waals surface area contributed by atoms with Gasteiger partial charge in [-0.3, -0.25) is 4.98 Å². The minimum Gasteiger partial charge on any atom is -0.399 e. The van der Waals surface area contributed by atoms with Gasteiger partial charge in [0.15, 0.2) is 0 Å². The molecule has 2 atom stereocenters. The van der Waals surface area contributed by atoms with Crippen LogP contribution in [0.4, 0.5) is 4.39 Å². The molecule has 27 heavy (non-hydrogen) atoms. The van der Waals surface area contributed by atoms with Gasteiger partial charge in [0, 0.05) is 17.2 Å². The van der Waals surface area contributed by atoms with Crippen molar-refractivity contribution in [3.63, 3.8) is 0 Å². The van der Waals surface area contributed by atoms with E-state index in [2.05, 4.69) is 17.1 Å². The van der Waals surface area contributed by atoms with Gasteiger partial charge in [-0.15, -0.1) is 0 Å². The lowest BCUT2D eigenvalue weighted by molar-refractivity contribution is 0.00578. The molecule has 3 aliphatic rings. The van der Waals surface area contributed by atoms with Crippen LogP contribution >= 0.6 is 0 Å². The van der Waals surface area contributed by atoms with Crippen LogP contribution in [-0.2, 0) is 9.31 Å². The van der Waals surface area contributed by atoms with E-state index in [9.17, 15) is 4.39 Å². The van der Waals surface area contributed by atoms with Gasteiger partial charge in [0.25, 0.3) is 0 Å². The number of rotatable bonds is 2. The number of hydrogen-bond donors (Lipinski definition) is 0. The van der Waals surface area contributed by atoms with Crippen molar-refractivity contribution in [2.75, 3.05) is 0 Å². The summed E-state index contributed by atoms with van der Waals surface area (Å²) < 4.78 is 27.0. The molecule has 3 nitrogen and oxygen atoms in total. The number of hydrogen-bond acceptors (Lipinski definition) is 3. The highest BCUT2D eigenvalue weighted by molar-refractivity contribution is 6.62. The number of fused-ring (bicyclic) bond motifs is 5. The van der Waals surface area contributed by atoms with Crippen molar-refractivity contribution in [3.05, 3.63) is 47.4 Å². The molecule has 0 amide bonds. The van der Waals surface area contributed by atoms with Crippen LogP contribution in [0.2, 0.25) is 0 Å². The zero-order valence-corrected chi connectivity index (χ0v) is 16.4. The van der Waals surface area contributed by atoms with Gasteiger partial charge in [-0.1, -0.05) is 12.1 Å². The summed E-state index contributed by atoms with van der Waals surface area (Å²) in [6, 6.07) is 7.85. The van der Waals surface area contributed by atoms with Crippen molar-refractivity contribution < 1.29 is 13.7 Å². The summed E-state index contributed by atoms with van der Waals surface area (Å²) >= 11 is 0. The lowest BCUT2D eigenvalue weighted by atomic mass is 9.80. The zero-order valence-electron chi connectivity index (χ0n) is 16.4. The van der Waals surface area contributed by atoms with Gasteiger partial charge in [-0.25, -0.2) is 4.39 Å². The summed E-state index contributed by atoms with van der Waals surface area (Å²) in [5.74, 6) is 1.03. The minimum atomic E-state index is -0.596. The monoisotopic (exact) mass is 365 g/mol. The molecule has 1 saturated heterocycles. The first kappa shape index (κ1) is 17.4. The number of nitrogens with zero attached hydrogens (tertiary/aromatic N) is 1. The van der Waals surface area contributed by atoms with Crippen LogP contribution in [0.3, 0.4) is 0 Å². The molecule has 0 N–H and O–H groups in total.